The summed E-state index contributed by atoms with van der Waals surface area (Å²) >= 11 is 5.06. The second-order valence-corrected chi connectivity index (χ2v) is 8.01. The van der Waals surface area contributed by atoms with E-state index in [1.165, 1.54) is 25.9 Å². The van der Waals surface area contributed by atoms with Gasteiger partial charge in [-0.25, -0.2) is 0 Å². The topological polar surface area (TPSA) is 32.3 Å². The number of benzene rings is 1. The van der Waals surface area contributed by atoms with Crippen LogP contribution >= 0.6 is 39.7 Å². The zero-order chi connectivity index (χ0) is 14.4. The highest BCUT2D eigenvalue weighted by Crippen LogP contribution is 2.30. The summed E-state index contributed by atoms with van der Waals surface area (Å²) in [6.45, 7) is 3.43. The molecule has 4 heterocycles. The molecule has 22 heavy (non-hydrogen) atoms. The first-order valence-corrected chi connectivity index (χ1v) is 9.02. The van der Waals surface area contributed by atoms with Crippen molar-refractivity contribution in [1.82, 2.24) is 10.2 Å². The first-order valence-electron chi connectivity index (χ1n) is 7.41. The molecule has 0 radical (unpaired) electrons. The normalized spacial score (nSPS) is 26.7. The van der Waals surface area contributed by atoms with Gasteiger partial charge in [-0.1, -0.05) is 15.9 Å². The van der Waals surface area contributed by atoms with Crippen molar-refractivity contribution in [2.24, 2.45) is 5.92 Å². The van der Waals surface area contributed by atoms with E-state index in [0.717, 1.165) is 26.0 Å². The molecule has 3 aliphatic heterocycles. The number of piperidine rings is 3. The molecule has 1 aromatic carbocycles. The van der Waals surface area contributed by atoms with E-state index in [4.69, 9.17) is 0 Å². The maximum Gasteiger partial charge on any atom is 0.261 e. The molecule has 0 spiro atoms. The van der Waals surface area contributed by atoms with E-state index in [0.29, 0.717) is 12.0 Å². The van der Waals surface area contributed by atoms with Gasteiger partial charge in [0.05, 0.1) is 4.88 Å². The lowest BCUT2D eigenvalue weighted by atomic mass is 9.84. The molecule has 0 unspecified atom stereocenters. The van der Waals surface area contributed by atoms with Crippen molar-refractivity contribution in [3.05, 3.63) is 33.6 Å². The average molecular weight is 402 g/mol. The number of carbonyl (C=O) groups excluding carboxylic acids is 1. The van der Waals surface area contributed by atoms with Crippen molar-refractivity contribution in [3.63, 3.8) is 0 Å². The highest BCUT2D eigenvalue weighted by molar-refractivity contribution is 9.10. The number of amides is 1. The molecule has 3 fully saturated rings. The largest absolute Gasteiger partial charge is 0.347 e. The van der Waals surface area contributed by atoms with Crippen molar-refractivity contribution >= 4 is 55.7 Å². The Morgan fingerprint density at radius 2 is 2.05 bits per heavy atom. The maximum absolute atomic E-state index is 12.5. The van der Waals surface area contributed by atoms with Crippen molar-refractivity contribution in [2.75, 3.05) is 19.6 Å². The zero-order valence-electron chi connectivity index (χ0n) is 12.0. The van der Waals surface area contributed by atoms with E-state index in [2.05, 4.69) is 38.3 Å². The van der Waals surface area contributed by atoms with Crippen LogP contribution in [0.5, 0.6) is 0 Å². The molecule has 3 aliphatic rings. The predicted molar refractivity (Wildman–Crippen MR) is 97.2 cm³/mol. The van der Waals surface area contributed by atoms with E-state index in [1.807, 2.05) is 12.1 Å². The van der Waals surface area contributed by atoms with Gasteiger partial charge in [0.15, 0.2) is 0 Å². The predicted octanol–water partition coefficient (Wildman–Crippen LogP) is 3.91. The minimum absolute atomic E-state index is 0. The highest BCUT2D eigenvalue weighted by Gasteiger charge is 2.35. The number of hydrogen-bond acceptors (Lipinski definition) is 3. The standard InChI is InChI=1S/C16H17BrN2OS.ClH/c17-12-1-2-14-11(7-12)8-15(21-14)16(20)18-13-9-19-5-3-10(13)4-6-19;/h1-2,7-8,10,13H,3-6,9H2,(H,18,20);1H/t13-;/m0./s1. The van der Waals surface area contributed by atoms with Crippen LogP contribution in [0.4, 0.5) is 0 Å². The van der Waals surface area contributed by atoms with Gasteiger partial charge >= 0.3 is 0 Å². The smallest absolute Gasteiger partial charge is 0.261 e. The van der Waals surface area contributed by atoms with Crippen LogP contribution in [0.25, 0.3) is 10.1 Å². The number of nitrogens with zero attached hydrogens (tertiary/aromatic N) is 1. The summed E-state index contributed by atoms with van der Waals surface area (Å²) in [5.74, 6) is 0.758. The number of fused-ring (bicyclic) bond motifs is 4. The van der Waals surface area contributed by atoms with Gasteiger partial charge in [-0.2, -0.15) is 0 Å². The number of thiophene rings is 1. The van der Waals surface area contributed by atoms with Crippen LogP contribution in [-0.4, -0.2) is 36.5 Å². The quantitative estimate of drug-likeness (QED) is 0.827. The molecule has 3 nitrogen and oxygen atoms in total. The molecular weight excluding hydrogens is 384 g/mol. The molecule has 1 atom stereocenters. The molecule has 0 aliphatic carbocycles. The minimum Gasteiger partial charge on any atom is -0.347 e. The number of hydrogen-bond donors (Lipinski definition) is 1. The zero-order valence-corrected chi connectivity index (χ0v) is 15.3. The Kier molecular flexibility index (Phi) is 4.78. The van der Waals surface area contributed by atoms with Gasteiger partial charge in [0.1, 0.15) is 0 Å². The summed E-state index contributed by atoms with van der Waals surface area (Å²) in [5, 5.41) is 4.39. The lowest BCUT2D eigenvalue weighted by Crippen LogP contribution is -2.57. The summed E-state index contributed by atoms with van der Waals surface area (Å²) in [7, 11) is 0. The molecule has 1 N–H and O–H groups in total. The molecule has 6 heteroatoms. The third kappa shape index (κ3) is 3.04. The van der Waals surface area contributed by atoms with Crippen LogP contribution in [0.2, 0.25) is 0 Å². The van der Waals surface area contributed by atoms with Gasteiger partial charge < -0.3 is 10.2 Å². The van der Waals surface area contributed by atoms with Gasteiger partial charge in [-0.3, -0.25) is 4.79 Å². The van der Waals surface area contributed by atoms with Crippen LogP contribution in [0.15, 0.2) is 28.7 Å². The average Bonchev–Trinajstić information content (AvgIpc) is 2.91. The van der Waals surface area contributed by atoms with Crippen molar-refractivity contribution in [1.29, 1.82) is 0 Å². The van der Waals surface area contributed by atoms with Gasteiger partial charge in [0.25, 0.3) is 5.91 Å². The molecular formula is C16H18BrClN2OS. The first-order chi connectivity index (χ1) is 10.2. The van der Waals surface area contributed by atoms with E-state index >= 15 is 0 Å². The summed E-state index contributed by atoms with van der Waals surface area (Å²) in [5.41, 5.74) is 0. The molecule has 1 aromatic heterocycles. The van der Waals surface area contributed by atoms with E-state index < -0.39 is 0 Å². The summed E-state index contributed by atoms with van der Waals surface area (Å²) in [6.07, 6.45) is 2.45. The number of halogens is 2. The molecule has 1 amide bonds. The molecule has 5 rings (SSSR count). The molecule has 0 saturated carbocycles. The molecule has 3 saturated heterocycles. The molecule has 2 bridgehead atoms. The number of carbonyl (C=O) groups is 1. The van der Waals surface area contributed by atoms with Gasteiger partial charge in [0, 0.05) is 21.8 Å². The third-order valence-corrected chi connectivity index (χ3v) is 6.28. The van der Waals surface area contributed by atoms with Crippen molar-refractivity contribution in [3.8, 4) is 0 Å². The van der Waals surface area contributed by atoms with Crippen LogP contribution in [0.1, 0.15) is 22.5 Å². The van der Waals surface area contributed by atoms with Crippen LogP contribution in [-0.2, 0) is 0 Å². The van der Waals surface area contributed by atoms with Crippen LogP contribution in [0, 0.1) is 5.92 Å². The van der Waals surface area contributed by atoms with Crippen LogP contribution < -0.4 is 5.32 Å². The number of nitrogens with one attached hydrogen (secondary N) is 1. The Morgan fingerprint density at radius 1 is 1.27 bits per heavy atom. The Hall–Kier alpha value is -0.620. The Morgan fingerprint density at radius 3 is 2.73 bits per heavy atom. The fraction of sp³-hybridized carbons (Fsp3) is 0.438. The lowest BCUT2D eigenvalue weighted by Gasteiger charge is -2.44. The van der Waals surface area contributed by atoms with Gasteiger partial charge in [-0.15, -0.1) is 23.7 Å². The van der Waals surface area contributed by atoms with E-state index in [1.54, 1.807) is 11.3 Å². The third-order valence-electron chi connectivity index (χ3n) is 4.67. The monoisotopic (exact) mass is 400 g/mol. The van der Waals surface area contributed by atoms with Crippen LogP contribution in [0.3, 0.4) is 0 Å². The molecule has 118 valence electrons. The Balaban J connectivity index is 0.00000144. The fourth-order valence-electron chi connectivity index (χ4n) is 3.49. The fourth-order valence-corrected chi connectivity index (χ4v) is 4.82. The van der Waals surface area contributed by atoms with Gasteiger partial charge in [0.2, 0.25) is 0 Å². The minimum atomic E-state index is 0. The summed E-state index contributed by atoms with van der Waals surface area (Å²) < 4.78 is 2.22. The van der Waals surface area contributed by atoms with E-state index in [9.17, 15) is 4.79 Å². The van der Waals surface area contributed by atoms with Gasteiger partial charge in [-0.05, 0) is 61.5 Å². The summed E-state index contributed by atoms with van der Waals surface area (Å²) in [4.78, 5) is 15.8. The number of rotatable bonds is 2. The molecule has 2 aromatic rings. The first kappa shape index (κ1) is 16.2. The van der Waals surface area contributed by atoms with Crippen molar-refractivity contribution in [2.45, 2.75) is 18.9 Å². The SMILES string of the molecule is Cl.O=C(N[C@H]1CN2CCC1CC2)c1cc2cc(Br)ccc2s1. The Labute approximate surface area is 148 Å². The second-order valence-electron chi connectivity index (χ2n) is 6.01. The van der Waals surface area contributed by atoms with Crippen molar-refractivity contribution < 1.29 is 4.79 Å². The second kappa shape index (κ2) is 6.48. The highest BCUT2D eigenvalue weighted by atomic mass is 79.9. The lowest BCUT2D eigenvalue weighted by molar-refractivity contribution is 0.0622. The maximum atomic E-state index is 12.5. The van der Waals surface area contributed by atoms with E-state index in [-0.39, 0.29) is 18.3 Å². The summed E-state index contributed by atoms with van der Waals surface area (Å²) in [6, 6.07) is 8.48. The Bertz CT molecular complexity index is 697.